The Morgan fingerprint density at radius 2 is 1.48 bits per heavy atom. The van der Waals surface area contributed by atoms with E-state index in [1.54, 1.807) is 62.4 Å². The average Bonchev–Trinajstić information content (AvgIpc) is 2.65. The molecule has 2 rings (SSSR count). The summed E-state index contributed by atoms with van der Waals surface area (Å²) in [7, 11) is -3.39. The lowest BCUT2D eigenvalue weighted by molar-refractivity contribution is 0.0951. The summed E-state index contributed by atoms with van der Waals surface area (Å²) < 4.78 is 26.6. The number of hydrogen-bond acceptors (Lipinski definition) is 4. The average molecular weight is 447 g/mol. The van der Waals surface area contributed by atoms with E-state index in [2.05, 4.69) is 20.7 Å². The monoisotopic (exact) mass is 446 g/mol. The van der Waals surface area contributed by atoms with E-state index in [1.165, 1.54) is 0 Å². The molecule has 2 aromatic carbocycles. The van der Waals surface area contributed by atoms with Gasteiger partial charge in [-0.25, -0.2) is 17.9 Å². The van der Waals surface area contributed by atoms with Gasteiger partial charge in [0.25, 0.3) is 5.91 Å². The van der Waals surface area contributed by atoms with Crippen molar-refractivity contribution in [2.24, 2.45) is 0 Å². The van der Waals surface area contributed by atoms with Crippen molar-refractivity contribution in [3.8, 4) is 0 Å². The predicted octanol–water partition coefficient (Wildman–Crippen LogP) is 2.97. The molecule has 0 saturated heterocycles. The Balaban J connectivity index is 1.98. The van der Waals surface area contributed by atoms with Gasteiger partial charge in [-0.05, 0) is 51.0 Å². The second kappa shape index (κ2) is 10.9. The van der Waals surface area contributed by atoms with E-state index in [9.17, 15) is 18.0 Å². The third-order valence-corrected chi connectivity index (χ3v) is 5.63. The second-order valence-corrected chi connectivity index (χ2v) is 9.58. The first-order valence-electron chi connectivity index (χ1n) is 10.1. The van der Waals surface area contributed by atoms with Crippen LogP contribution in [0, 0.1) is 0 Å². The maximum atomic E-state index is 12.6. The Morgan fingerprint density at radius 1 is 0.871 bits per heavy atom. The molecule has 168 valence electrons. The highest BCUT2D eigenvalue weighted by Crippen LogP contribution is 2.15. The first-order valence-corrected chi connectivity index (χ1v) is 11.7. The SMILES string of the molecule is CC(C)NC(=O)Nc1ccccc1C(=O)NCc1ccc(CS(=O)(=O)NC(C)C)cc1. The van der Waals surface area contributed by atoms with E-state index in [0.29, 0.717) is 16.8 Å². The zero-order chi connectivity index (χ0) is 23.0. The summed E-state index contributed by atoms with van der Waals surface area (Å²) in [5, 5.41) is 8.23. The van der Waals surface area contributed by atoms with Crippen LogP contribution in [0.1, 0.15) is 49.2 Å². The van der Waals surface area contributed by atoms with Crippen LogP contribution in [0.5, 0.6) is 0 Å². The number of rotatable bonds is 9. The van der Waals surface area contributed by atoms with Gasteiger partial charge in [-0.2, -0.15) is 0 Å². The molecule has 0 bridgehead atoms. The molecule has 0 aliphatic rings. The zero-order valence-corrected chi connectivity index (χ0v) is 19.0. The van der Waals surface area contributed by atoms with E-state index in [-0.39, 0.29) is 36.3 Å². The van der Waals surface area contributed by atoms with Gasteiger partial charge in [0.15, 0.2) is 0 Å². The summed E-state index contributed by atoms with van der Waals surface area (Å²) in [4.78, 5) is 24.6. The highest BCUT2D eigenvalue weighted by atomic mass is 32.2. The van der Waals surface area contributed by atoms with Gasteiger partial charge >= 0.3 is 6.03 Å². The molecule has 31 heavy (non-hydrogen) atoms. The number of carbonyl (C=O) groups is 2. The van der Waals surface area contributed by atoms with E-state index >= 15 is 0 Å². The minimum absolute atomic E-state index is 0.0277. The van der Waals surface area contributed by atoms with Crippen molar-refractivity contribution in [1.82, 2.24) is 15.4 Å². The van der Waals surface area contributed by atoms with Gasteiger partial charge in [-0.3, -0.25) is 4.79 Å². The number of para-hydroxylation sites is 1. The van der Waals surface area contributed by atoms with Crippen molar-refractivity contribution in [2.75, 3.05) is 5.32 Å². The maximum absolute atomic E-state index is 12.6. The Kier molecular flexibility index (Phi) is 8.58. The molecular weight excluding hydrogens is 416 g/mol. The quantitative estimate of drug-likeness (QED) is 0.474. The molecule has 0 aliphatic heterocycles. The van der Waals surface area contributed by atoms with Crippen molar-refractivity contribution >= 4 is 27.6 Å². The molecule has 9 heteroatoms. The standard InChI is InChI=1S/C22H30N4O4S/c1-15(2)24-22(28)25-20-8-6-5-7-19(20)21(27)23-13-17-9-11-18(12-10-17)14-31(29,30)26-16(3)4/h5-12,15-16,26H,13-14H2,1-4H3,(H,23,27)(H2,24,25,28). The third kappa shape index (κ3) is 8.39. The molecule has 0 heterocycles. The molecule has 0 unspecified atom stereocenters. The first kappa shape index (κ1) is 24.4. The van der Waals surface area contributed by atoms with E-state index in [1.807, 2.05) is 13.8 Å². The fourth-order valence-electron chi connectivity index (χ4n) is 2.86. The molecule has 0 radical (unpaired) electrons. The molecule has 0 aromatic heterocycles. The number of anilines is 1. The predicted molar refractivity (Wildman–Crippen MR) is 122 cm³/mol. The summed E-state index contributed by atoms with van der Waals surface area (Å²) in [5.41, 5.74) is 2.25. The molecule has 0 atom stereocenters. The molecule has 0 spiro atoms. The number of urea groups is 1. The topological polar surface area (TPSA) is 116 Å². The lowest BCUT2D eigenvalue weighted by Crippen LogP contribution is -2.35. The summed E-state index contributed by atoms with van der Waals surface area (Å²) in [6.07, 6.45) is 0. The van der Waals surface area contributed by atoms with Crippen LogP contribution < -0.4 is 20.7 Å². The molecule has 3 amide bonds. The maximum Gasteiger partial charge on any atom is 0.319 e. The number of sulfonamides is 1. The van der Waals surface area contributed by atoms with E-state index in [0.717, 1.165) is 5.56 Å². The largest absolute Gasteiger partial charge is 0.348 e. The van der Waals surface area contributed by atoms with Crippen LogP contribution in [0.2, 0.25) is 0 Å². The summed E-state index contributed by atoms with van der Waals surface area (Å²) in [6, 6.07) is 13.2. The van der Waals surface area contributed by atoms with Gasteiger partial charge in [0.05, 0.1) is 17.0 Å². The van der Waals surface area contributed by atoms with Crippen molar-refractivity contribution in [3.63, 3.8) is 0 Å². The van der Waals surface area contributed by atoms with Crippen LogP contribution in [0.3, 0.4) is 0 Å². The van der Waals surface area contributed by atoms with Gasteiger partial charge in [0.1, 0.15) is 0 Å². The highest BCUT2D eigenvalue weighted by molar-refractivity contribution is 7.88. The van der Waals surface area contributed by atoms with Crippen molar-refractivity contribution in [2.45, 2.75) is 52.1 Å². The highest BCUT2D eigenvalue weighted by Gasteiger charge is 2.14. The molecule has 0 fully saturated rings. The smallest absolute Gasteiger partial charge is 0.319 e. The Labute approximate surface area is 183 Å². The van der Waals surface area contributed by atoms with Crippen LogP contribution in [-0.2, 0) is 22.3 Å². The fraction of sp³-hybridized carbons (Fsp3) is 0.364. The van der Waals surface area contributed by atoms with E-state index < -0.39 is 10.0 Å². The van der Waals surface area contributed by atoms with Gasteiger partial charge in [0.2, 0.25) is 10.0 Å². The zero-order valence-electron chi connectivity index (χ0n) is 18.2. The summed E-state index contributed by atoms with van der Waals surface area (Å²) >= 11 is 0. The van der Waals surface area contributed by atoms with Crippen LogP contribution in [-0.4, -0.2) is 32.4 Å². The number of carbonyl (C=O) groups excluding carboxylic acids is 2. The van der Waals surface area contributed by atoms with Crippen LogP contribution in [0.4, 0.5) is 10.5 Å². The van der Waals surface area contributed by atoms with Crippen LogP contribution in [0.25, 0.3) is 0 Å². The number of benzene rings is 2. The lowest BCUT2D eigenvalue weighted by Gasteiger charge is -2.14. The fourth-order valence-corrected chi connectivity index (χ4v) is 4.29. The van der Waals surface area contributed by atoms with Gasteiger partial charge in [0, 0.05) is 18.6 Å². The minimum atomic E-state index is -3.39. The third-order valence-electron chi connectivity index (χ3n) is 4.09. The normalized spacial score (nSPS) is 11.4. The summed E-state index contributed by atoms with van der Waals surface area (Å²) in [6.45, 7) is 7.50. The molecule has 2 aromatic rings. The van der Waals surface area contributed by atoms with Crippen molar-refractivity contribution in [1.29, 1.82) is 0 Å². The van der Waals surface area contributed by atoms with E-state index in [4.69, 9.17) is 0 Å². The summed E-state index contributed by atoms with van der Waals surface area (Å²) in [5.74, 6) is -0.428. The number of hydrogen-bond donors (Lipinski definition) is 4. The Hall–Kier alpha value is -2.91. The number of amides is 3. The minimum Gasteiger partial charge on any atom is -0.348 e. The lowest BCUT2D eigenvalue weighted by atomic mass is 10.1. The Bertz CT molecular complexity index is 1000. The van der Waals surface area contributed by atoms with Gasteiger partial charge in [-0.1, -0.05) is 36.4 Å². The first-order chi connectivity index (χ1) is 14.6. The van der Waals surface area contributed by atoms with Gasteiger partial charge < -0.3 is 16.0 Å². The van der Waals surface area contributed by atoms with Crippen LogP contribution >= 0.6 is 0 Å². The van der Waals surface area contributed by atoms with Gasteiger partial charge in [-0.15, -0.1) is 0 Å². The molecule has 0 aliphatic carbocycles. The van der Waals surface area contributed by atoms with Crippen LogP contribution in [0.15, 0.2) is 48.5 Å². The molecule has 4 N–H and O–H groups in total. The molecule has 8 nitrogen and oxygen atoms in total. The Morgan fingerprint density at radius 3 is 2.10 bits per heavy atom. The van der Waals surface area contributed by atoms with Crippen molar-refractivity contribution in [3.05, 3.63) is 65.2 Å². The second-order valence-electron chi connectivity index (χ2n) is 7.83. The van der Waals surface area contributed by atoms with Crippen molar-refractivity contribution < 1.29 is 18.0 Å². The molecule has 0 saturated carbocycles. The molecular formula is C22H30N4O4S. The number of nitrogens with one attached hydrogen (secondary N) is 4.